The number of carbonyl (C=O) groups is 1. The van der Waals surface area contributed by atoms with Crippen molar-refractivity contribution >= 4 is 5.97 Å². The topological polar surface area (TPSA) is 119 Å². The molecule has 0 amide bonds. The van der Waals surface area contributed by atoms with Gasteiger partial charge in [0.2, 0.25) is 5.82 Å². The molecule has 154 valence electrons. The van der Waals surface area contributed by atoms with Gasteiger partial charge in [-0.05, 0) is 31.0 Å². The van der Waals surface area contributed by atoms with Crippen molar-refractivity contribution in [2.24, 2.45) is 7.05 Å². The molecule has 0 aromatic carbocycles. The molecule has 12 heteroatoms. The summed E-state index contributed by atoms with van der Waals surface area (Å²) in [4.78, 5) is 22.1. The van der Waals surface area contributed by atoms with Gasteiger partial charge in [-0.15, -0.1) is 0 Å². The summed E-state index contributed by atoms with van der Waals surface area (Å²) in [7, 11) is 1.90. The molecule has 0 saturated carbocycles. The Bertz CT molecular complexity index is 1030. The van der Waals surface area contributed by atoms with Crippen LogP contribution in [0.2, 0.25) is 0 Å². The number of pyridine rings is 1. The molecule has 0 aliphatic carbocycles. The first kappa shape index (κ1) is 20.5. The van der Waals surface area contributed by atoms with Crippen molar-refractivity contribution in [3.05, 3.63) is 35.4 Å². The van der Waals surface area contributed by atoms with Gasteiger partial charge in [0.1, 0.15) is 0 Å². The summed E-state index contributed by atoms with van der Waals surface area (Å²) < 4.78 is 39.0. The Labute approximate surface area is 162 Å². The molecule has 2 N–H and O–H groups in total. The molecule has 0 unspecified atom stereocenters. The Kier molecular flexibility index (Phi) is 5.64. The molecular weight excluding hydrogens is 393 g/mol. The molecule has 29 heavy (non-hydrogen) atoms. The largest absolute Gasteiger partial charge is 0.490 e. The Hall–Kier alpha value is -3.28. The second-order valence-electron chi connectivity index (χ2n) is 6.24. The molecule has 9 nitrogen and oxygen atoms in total. The van der Waals surface area contributed by atoms with Crippen LogP contribution in [0, 0.1) is 6.92 Å². The summed E-state index contributed by atoms with van der Waals surface area (Å²) in [5.74, 6) is -1.08. The number of aromatic nitrogens is 5. The number of carboxylic acids is 1. The Morgan fingerprint density at radius 1 is 1.34 bits per heavy atom. The maximum Gasteiger partial charge on any atom is 0.490 e. The molecule has 1 aliphatic heterocycles. The van der Waals surface area contributed by atoms with E-state index in [1.165, 1.54) is 11.1 Å². The molecule has 0 fully saturated rings. The Balaban J connectivity index is 0.000000298. The summed E-state index contributed by atoms with van der Waals surface area (Å²) >= 11 is 0. The first-order valence-electron chi connectivity index (χ1n) is 8.48. The van der Waals surface area contributed by atoms with Crippen LogP contribution in [0.4, 0.5) is 13.2 Å². The van der Waals surface area contributed by atoms with Gasteiger partial charge in [0.25, 0.3) is 5.89 Å². The van der Waals surface area contributed by atoms with Crippen molar-refractivity contribution in [3.8, 4) is 23.1 Å². The monoisotopic (exact) mass is 410 g/mol. The van der Waals surface area contributed by atoms with Crippen LogP contribution in [0.5, 0.6) is 0 Å². The highest BCUT2D eigenvalue weighted by molar-refractivity contribution is 5.73. The quantitative estimate of drug-likeness (QED) is 0.660. The van der Waals surface area contributed by atoms with E-state index in [0.717, 1.165) is 30.8 Å². The second-order valence-corrected chi connectivity index (χ2v) is 6.24. The molecule has 1 aliphatic rings. The molecule has 3 aromatic rings. The maximum absolute atomic E-state index is 10.6. The number of imidazole rings is 1. The van der Waals surface area contributed by atoms with E-state index >= 15 is 0 Å². The van der Waals surface area contributed by atoms with Gasteiger partial charge in [0, 0.05) is 43.4 Å². The van der Waals surface area contributed by atoms with Crippen molar-refractivity contribution in [2.75, 3.05) is 6.54 Å². The van der Waals surface area contributed by atoms with Crippen LogP contribution in [-0.2, 0) is 24.8 Å². The number of halogens is 3. The molecule has 3 aromatic heterocycles. The molecule has 0 spiro atoms. The van der Waals surface area contributed by atoms with Gasteiger partial charge >= 0.3 is 12.1 Å². The fraction of sp³-hybridized carbons (Fsp3) is 0.353. The number of hydrogen-bond acceptors (Lipinski definition) is 7. The van der Waals surface area contributed by atoms with E-state index in [-0.39, 0.29) is 0 Å². The van der Waals surface area contributed by atoms with Crippen LogP contribution in [-0.4, -0.2) is 48.5 Å². The van der Waals surface area contributed by atoms with E-state index in [0.29, 0.717) is 17.5 Å². The molecule has 0 radical (unpaired) electrons. The highest BCUT2D eigenvalue weighted by atomic mass is 19.4. The number of carboxylic acid groups (broad SMARTS) is 1. The lowest BCUT2D eigenvalue weighted by Crippen LogP contribution is -2.24. The standard InChI is InChI=1S/C15H16N6O.C2HF3O2/c1-9-12(11-3-4-16-7-10(11)8-18-9)13-19-15(22-20-13)14-17-5-6-21(14)2;3-2(4,5)1(6)7/h5-6,8,16H,3-4,7H2,1-2H3;(H,6,7). The first-order chi connectivity index (χ1) is 13.7. The van der Waals surface area contributed by atoms with E-state index in [1.54, 1.807) is 6.20 Å². The van der Waals surface area contributed by atoms with Gasteiger partial charge in [-0.2, -0.15) is 18.2 Å². The number of nitrogens with zero attached hydrogens (tertiary/aromatic N) is 5. The minimum Gasteiger partial charge on any atom is -0.475 e. The summed E-state index contributed by atoms with van der Waals surface area (Å²) in [5, 5.41) is 14.6. The molecular formula is C17H17F3N6O3. The van der Waals surface area contributed by atoms with E-state index in [1.807, 2.05) is 30.9 Å². The smallest absolute Gasteiger partial charge is 0.475 e. The zero-order valence-electron chi connectivity index (χ0n) is 15.5. The summed E-state index contributed by atoms with van der Waals surface area (Å²) in [5.41, 5.74) is 4.38. The normalized spacial score (nSPS) is 13.4. The number of fused-ring (bicyclic) bond motifs is 1. The molecule has 4 rings (SSSR count). The number of rotatable bonds is 2. The van der Waals surface area contributed by atoms with E-state index < -0.39 is 12.1 Å². The number of aryl methyl sites for hydroxylation is 2. The maximum atomic E-state index is 10.6. The van der Waals surface area contributed by atoms with E-state index in [2.05, 4.69) is 25.4 Å². The molecule has 0 atom stereocenters. The molecule has 4 heterocycles. The Morgan fingerprint density at radius 2 is 2.07 bits per heavy atom. The van der Waals surface area contributed by atoms with E-state index in [4.69, 9.17) is 14.4 Å². The first-order valence-corrected chi connectivity index (χ1v) is 8.48. The molecule has 0 bridgehead atoms. The lowest BCUT2D eigenvalue weighted by atomic mass is 9.95. The predicted octanol–water partition coefficient (Wildman–Crippen LogP) is 2.12. The third-order valence-electron chi connectivity index (χ3n) is 4.24. The lowest BCUT2D eigenvalue weighted by molar-refractivity contribution is -0.192. The number of aliphatic carboxylic acids is 1. The van der Waals surface area contributed by atoms with Crippen LogP contribution >= 0.6 is 0 Å². The molecule has 0 saturated heterocycles. The summed E-state index contributed by atoms with van der Waals surface area (Å²) in [6, 6.07) is 0. The number of nitrogens with one attached hydrogen (secondary N) is 1. The van der Waals surface area contributed by atoms with Gasteiger partial charge < -0.3 is 19.5 Å². The highest BCUT2D eigenvalue weighted by Crippen LogP contribution is 2.29. The van der Waals surface area contributed by atoms with Crippen LogP contribution in [0.25, 0.3) is 23.1 Å². The zero-order valence-corrected chi connectivity index (χ0v) is 15.5. The third-order valence-corrected chi connectivity index (χ3v) is 4.24. The number of hydrogen-bond donors (Lipinski definition) is 2. The summed E-state index contributed by atoms with van der Waals surface area (Å²) in [6.45, 7) is 3.77. The minimum absolute atomic E-state index is 0.424. The van der Waals surface area contributed by atoms with Crippen molar-refractivity contribution in [1.82, 2.24) is 30.0 Å². The predicted molar refractivity (Wildman–Crippen MR) is 93.6 cm³/mol. The van der Waals surface area contributed by atoms with Crippen LogP contribution in [0.1, 0.15) is 16.8 Å². The van der Waals surface area contributed by atoms with Gasteiger partial charge in [0.05, 0.1) is 0 Å². The summed E-state index contributed by atoms with van der Waals surface area (Å²) in [6.07, 6.45) is 1.35. The van der Waals surface area contributed by atoms with Gasteiger partial charge in [-0.1, -0.05) is 5.16 Å². The number of alkyl halides is 3. The van der Waals surface area contributed by atoms with Crippen molar-refractivity contribution in [1.29, 1.82) is 0 Å². The van der Waals surface area contributed by atoms with E-state index in [9.17, 15) is 13.2 Å². The average molecular weight is 410 g/mol. The van der Waals surface area contributed by atoms with Gasteiger partial charge in [-0.3, -0.25) is 4.98 Å². The third kappa shape index (κ3) is 4.42. The lowest BCUT2D eigenvalue weighted by Gasteiger charge is -2.19. The van der Waals surface area contributed by atoms with Crippen molar-refractivity contribution in [2.45, 2.75) is 26.1 Å². The zero-order chi connectivity index (χ0) is 21.2. The fourth-order valence-corrected chi connectivity index (χ4v) is 2.85. The SMILES string of the molecule is Cc1ncc2c(c1-c1noc(-c3nccn3C)n1)CCNC2.O=C(O)C(F)(F)F. The van der Waals surface area contributed by atoms with Crippen LogP contribution < -0.4 is 5.32 Å². The Morgan fingerprint density at radius 3 is 2.69 bits per heavy atom. The van der Waals surface area contributed by atoms with Crippen LogP contribution in [0.15, 0.2) is 23.1 Å². The van der Waals surface area contributed by atoms with Crippen LogP contribution in [0.3, 0.4) is 0 Å². The van der Waals surface area contributed by atoms with Gasteiger partial charge in [0.15, 0.2) is 5.82 Å². The van der Waals surface area contributed by atoms with Crippen molar-refractivity contribution in [3.63, 3.8) is 0 Å². The second kappa shape index (κ2) is 7.99. The van der Waals surface area contributed by atoms with Crippen molar-refractivity contribution < 1.29 is 27.6 Å². The van der Waals surface area contributed by atoms with Gasteiger partial charge in [-0.25, -0.2) is 9.78 Å². The highest BCUT2D eigenvalue weighted by Gasteiger charge is 2.38. The minimum atomic E-state index is -5.08. The fourth-order valence-electron chi connectivity index (χ4n) is 2.85. The average Bonchev–Trinajstić information content (AvgIpc) is 3.30.